The van der Waals surface area contributed by atoms with Crippen LogP contribution in [0.3, 0.4) is 0 Å². The monoisotopic (exact) mass is 224 g/mol. The van der Waals surface area contributed by atoms with Gasteiger partial charge in [0.2, 0.25) is 0 Å². The Kier molecular flexibility index (Phi) is 2.18. The van der Waals surface area contributed by atoms with E-state index in [9.17, 15) is 0 Å². The van der Waals surface area contributed by atoms with E-state index in [1.165, 1.54) is 0 Å². The van der Waals surface area contributed by atoms with Crippen molar-refractivity contribution in [1.82, 2.24) is 10.1 Å². The Bertz CT molecular complexity index is 671. The Morgan fingerprint density at radius 2 is 1.76 bits per heavy atom. The number of nitrogens with zero attached hydrogens (tertiary/aromatic N) is 2. The van der Waals surface area contributed by atoms with Gasteiger partial charge in [-0.25, -0.2) is 4.98 Å². The number of pyridine rings is 1. The fourth-order valence-corrected chi connectivity index (χ4v) is 1.96. The van der Waals surface area contributed by atoms with E-state index in [-0.39, 0.29) is 0 Å². The van der Waals surface area contributed by atoms with Crippen LogP contribution in [0.2, 0.25) is 0 Å². The predicted octanol–water partition coefficient (Wildman–Crippen LogP) is 3.51. The maximum atomic E-state index is 5.26. The maximum Gasteiger partial charge on any atom is 0.188 e. The summed E-state index contributed by atoms with van der Waals surface area (Å²) in [6.07, 6.45) is 0. The number of hydrogen-bond acceptors (Lipinski definition) is 3. The van der Waals surface area contributed by atoms with Crippen molar-refractivity contribution in [1.29, 1.82) is 0 Å². The van der Waals surface area contributed by atoms with E-state index in [0.717, 1.165) is 33.6 Å². The first kappa shape index (κ1) is 10.0. The highest BCUT2D eigenvalue weighted by Gasteiger charge is 2.10. The summed E-state index contributed by atoms with van der Waals surface area (Å²) >= 11 is 0. The highest BCUT2D eigenvalue weighted by atomic mass is 16.5. The molecule has 0 aliphatic heterocycles. The molecule has 0 saturated carbocycles. The molecule has 0 N–H and O–H groups in total. The lowest BCUT2D eigenvalue weighted by Crippen LogP contribution is -1.87. The molecule has 1 aromatic carbocycles. The molecule has 0 radical (unpaired) electrons. The van der Waals surface area contributed by atoms with Gasteiger partial charge in [0.05, 0.1) is 17.1 Å². The second kappa shape index (κ2) is 3.70. The van der Waals surface area contributed by atoms with E-state index in [1.807, 2.05) is 38.1 Å². The van der Waals surface area contributed by atoms with Gasteiger partial charge in [-0.3, -0.25) is 0 Å². The van der Waals surface area contributed by atoms with Crippen LogP contribution in [0.4, 0.5) is 0 Å². The summed E-state index contributed by atoms with van der Waals surface area (Å²) in [6, 6.07) is 12.2. The largest absolute Gasteiger partial charge is 0.354 e. The zero-order chi connectivity index (χ0) is 11.8. The molecule has 0 atom stereocenters. The van der Waals surface area contributed by atoms with Crippen LogP contribution < -0.4 is 0 Å². The standard InChI is InChI=1S/C14H12N2O/c1-9-12-8-13(11-6-4-3-5-7-11)15-10(2)14(12)17-16-9/h3-8H,1-2H3. The summed E-state index contributed by atoms with van der Waals surface area (Å²) in [5, 5.41) is 5.01. The Labute approximate surface area is 99.1 Å². The highest BCUT2D eigenvalue weighted by molar-refractivity contribution is 5.84. The first-order valence-electron chi connectivity index (χ1n) is 5.55. The van der Waals surface area contributed by atoms with Crippen LogP contribution in [0.15, 0.2) is 40.9 Å². The third-order valence-corrected chi connectivity index (χ3v) is 2.88. The summed E-state index contributed by atoms with van der Waals surface area (Å²) in [5.74, 6) is 0. The third-order valence-electron chi connectivity index (χ3n) is 2.88. The van der Waals surface area contributed by atoms with Gasteiger partial charge < -0.3 is 4.52 Å². The molecule has 0 amide bonds. The number of aromatic nitrogens is 2. The third kappa shape index (κ3) is 1.60. The quantitative estimate of drug-likeness (QED) is 0.635. The molecule has 0 fully saturated rings. The normalized spacial score (nSPS) is 10.9. The second-order valence-corrected chi connectivity index (χ2v) is 4.10. The molecule has 3 nitrogen and oxygen atoms in total. The molecular weight excluding hydrogens is 212 g/mol. The lowest BCUT2D eigenvalue weighted by atomic mass is 10.1. The van der Waals surface area contributed by atoms with E-state index >= 15 is 0 Å². The summed E-state index contributed by atoms with van der Waals surface area (Å²) in [5.41, 5.74) is 4.63. The Hall–Kier alpha value is -2.16. The van der Waals surface area contributed by atoms with Gasteiger partial charge >= 0.3 is 0 Å². The van der Waals surface area contributed by atoms with E-state index < -0.39 is 0 Å². The van der Waals surface area contributed by atoms with Crippen molar-refractivity contribution in [3.05, 3.63) is 47.8 Å². The first-order valence-corrected chi connectivity index (χ1v) is 5.55. The molecule has 0 aliphatic rings. The lowest BCUT2D eigenvalue weighted by molar-refractivity contribution is 0.448. The topological polar surface area (TPSA) is 38.9 Å². The molecular formula is C14H12N2O. The van der Waals surface area contributed by atoms with Crippen LogP contribution in [-0.4, -0.2) is 10.1 Å². The molecule has 84 valence electrons. The highest BCUT2D eigenvalue weighted by Crippen LogP contribution is 2.26. The summed E-state index contributed by atoms with van der Waals surface area (Å²) in [7, 11) is 0. The number of benzene rings is 1. The van der Waals surface area contributed by atoms with Crippen LogP contribution in [0, 0.1) is 13.8 Å². The van der Waals surface area contributed by atoms with Gasteiger partial charge in [0.25, 0.3) is 0 Å². The minimum Gasteiger partial charge on any atom is -0.354 e. The zero-order valence-electron chi connectivity index (χ0n) is 9.77. The van der Waals surface area contributed by atoms with Crippen molar-refractivity contribution in [3.63, 3.8) is 0 Å². The number of aryl methyl sites for hydroxylation is 2. The Balaban J connectivity index is 2.28. The van der Waals surface area contributed by atoms with Crippen molar-refractivity contribution in [2.75, 3.05) is 0 Å². The molecule has 3 aromatic rings. The molecule has 0 aliphatic carbocycles. The summed E-state index contributed by atoms with van der Waals surface area (Å²) in [4.78, 5) is 4.55. The molecule has 0 bridgehead atoms. The van der Waals surface area contributed by atoms with Crippen LogP contribution >= 0.6 is 0 Å². The van der Waals surface area contributed by atoms with Crippen molar-refractivity contribution in [2.24, 2.45) is 0 Å². The van der Waals surface area contributed by atoms with Crippen molar-refractivity contribution in [2.45, 2.75) is 13.8 Å². The van der Waals surface area contributed by atoms with Gasteiger partial charge in [-0.2, -0.15) is 0 Å². The second-order valence-electron chi connectivity index (χ2n) is 4.10. The average molecular weight is 224 g/mol. The SMILES string of the molecule is Cc1noc2c(C)nc(-c3ccccc3)cc12. The molecule has 17 heavy (non-hydrogen) atoms. The zero-order valence-corrected chi connectivity index (χ0v) is 9.77. The van der Waals surface area contributed by atoms with E-state index in [2.05, 4.69) is 22.3 Å². The minimum atomic E-state index is 0.780. The number of hydrogen-bond donors (Lipinski definition) is 0. The molecule has 0 saturated heterocycles. The average Bonchev–Trinajstić information content (AvgIpc) is 2.73. The molecule has 0 spiro atoms. The summed E-state index contributed by atoms with van der Waals surface area (Å²) < 4.78 is 5.26. The predicted molar refractivity (Wildman–Crippen MR) is 66.7 cm³/mol. The van der Waals surface area contributed by atoms with E-state index in [1.54, 1.807) is 0 Å². The maximum absolute atomic E-state index is 5.26. The van der Waals surface area contributed by atoms with Crippen LogP contribution in [-0.2, 0) is 0 Å². The van der Waals surface area contributed by atoms with Gasteiger partial charge in [0.1, 0.15) is 0 Å². The minimum absolute atomic E-state index is 0.780. The van der Waals surface area contributed by atoms with Crippen molar-refractivity contribution >= 4 is 11.0 Å². The van der Waals surface area contributed by atoms with E-state index in [4.69, 9.17) is 4.52 Å². The van der Waals surface area contributed by atoms with Crippen molar-refractivity contribution < 1.29 is 4.52 Å². The molecule has 0 unspecified atom stereocenters. The summed E-state index contributed by atoms with van der Waals surface area (Å²) in [6.45, 7) is 3.89. The van der Waals surface area contributed by atoms with Crippen LogP contribution in [0.1, 0.15) is 11.4 Å². The Morgan fingerprint density at radius 3 is 2.53 bits per heavy atom. The molecule has 3 rings (SSSR count). The number of rotatable bonds is 1. The lowest BCUT2D eigenvalue weighted by Gasteiger charge is -2.02. The van der Waals surface area contributed by atoms with Crippen molar-refractivity contribution in [3.8, 4) is 11.3 Å². The van der Waals surface area contributed by atoms with Gasteiger partial charge in [-0.1, -0.05) is 35.5 Å². The van der Waals surface area contributed by atoms with Gasteiger partial charge in [-0.05, 0) is 19.9 Å². The van der Waals surface area contributed by atoms with Gasteiger partial charge in [0.15, 0.2) is 5.58 Å². The Morgan fingerprint density at radius 1 is 1.00 bits per heavy atom. The first-order chi connectivity index (χ1) is 8.25. The van der Waals surface area contributed by atoms with Crippen LogP contribution in [0.5, 0.6) is 0 Å². The fraction of sp³-hybridized carbons (Fsp3) is 0.143. The van der Waals surface area contributed by atoms with Gasteiger partial charge in [0, 0.05) is 10.9 Å². The smallest absolute Gasteiger partial charge is 0.188 e. The fourth-order valence-electron chi connectivity index (χ4n) is 1.96. The molecule has 2 heterocycles. The van der Waals surface area contributed by atoms with Crippen LogP contribution in [0.25, 0.3) is 22.2 Å². The number of fused-ring (bicyclic) bond motifs is 1. The van der Waals surface area contributed by atoms with E-state index in [0.29, 0.717) is 0 Å². The van der Waals surface area contributed by atoms with Gasteiger partial charge in [-0.15, -0.1) is 0 Å². The molecule has 3 heteroatoms. The molecule has 2 aromatic heterocycles.